The maximum absolute atomic E-state index is 12.4. The molecule has 0 radical (unpaired) electrons. The average molecular weight is 388 g/mol. The third-order valence-corrected chi connectivity index (χ3v) is 4.68. The normalized spacial score (nSPS) is 16.5. The number of hydrazone groups is 1. The predicted molar refractivity (Wildman–Crippen MR) is 93.9 cm³/mol. The minimum Gasteiger partial charge on any atom is -0.289 e. The van der Waals surface area contributed by atoms with E-state index >= 15 is 0 Å². The molecule has 0 atom stereocenters. The number of rotatable bonds is 5. The zero-order chi connectivity index (χ0) is 15.4. The number of benzene rings is 1. The molecule has 2 rings (SSSR count). The molecule has 0 amide bonds. The monoisotopic (exact) mass is 386 g/mol. The van der Waals surface area contributed by atoms with E-state index in [-0.39, 0.29) is 5.78 Å². The molecule has 0 aromatic heterocycles. The van der Waals surface area contributed by atoms with Crippen LogP contribution in [0.4, 0.5) is 0 Å². The lowest BCUT2D eigenvalue weighted by Gasteiger charge is -2.14. The zero-order valence-electron chi connectivity index (χ0n) is 11.9. The Labute approximate surface area is 142 Å². The molecule has 0 bridgehead atoms. The van der Waals surface area contributed by atoms with Gasteiger partial charge in [-0.2, -0.15) is 5.10 Å². The highest BCUT2D eigenvalue weighted by Crippen LogP contribution is 2.31. The van der Waals surface area contributed by atoms with Crippen molar-refractivity contribution in [2.24, 2.45) is 5.10 Å². The summed E-state index contributed by atoms with van der Waals surface area (Å²) in [5.41, 5.74) is 0.499. The third-order valence-electron chi connectivity index (χ3n) is 2.94. The Kier molecular flexibility index (Phi) is 5.90. The molecule has 1 aliphatic heterocycles. The number of unbranched alkanes of at least 4 members (excludes halogenated alkanes) is 1. The van der Waals surface area contributed by atoms with Gasteiger partial charge in [0.15, 0.2) is 5.78 Å². The maximum Gasteiger partial charge on any atom is 0.190 e. The summed E-state index contributed by atoms with van der Waals surface area (Å²) in [6.07, 6.45) is 3.75. The molecule has 0 unspecified atom stereocenters. The summed E-state index contributed by atoms with van der Waals surface area (Å²) in [6, 6.07) is 5.28. The Hall–Kier alpha value is -0.780. The molecule has 0 saturated carbocycles. The highest BCUT2D eigenvalue weighted by atomic mass is 79.9. The van der Waals surface area contributed by atoms with Crippen molar-refractivity contribution in [2.75, 3.05) is 6.54 Å². The zero-order valence-corrected chi connectivity index (χ0v) is 15.1. The quantitative estimate of drug-likeness (QED) is 0.507. The first-order valence-electron chi connectivity index (χ1n) is 6.73. The summed E-state index contributed by atoms with van der Waals surface area (Å²) >= 11 is 11.0. The van der Waals surface area contributed by atoms with Crippen LogP contribution in [0.2, 0.25) is 5.02 Å². The van der Waals surface area contributed by atoms with Crippen LogP contribution in [-0.4, -0.2) is 22.4 Å². The highest BCUT2D eigenvalue weighted by Gasteiger charge is 2.20. The number of halogens is 2. The topological polar surface area (TPSA) is 32.7 Å². The van der Waals surface area contributed by atoms with Gasteiger partial charge in [0.25, 0.3) is 0 Å². The van der Waals surface area contributed by atoms with E-state index in [4.69, 9.17) is 11.6 Å². The molecule has 1 aromatic carbocycles. The first-order valence-corrected chi connectivity index (χ1v) is 8.71. The summed E-state index contributed by atoms with van der Waals surface area (Å²) < 4.78 is 0.836. The van der Waals surface area contributed by atoms with Gasteiger partial charge in [0, 0.05) is 22.7 Å². The lowest BCUT2D eigenvalue weighted by Crippen LogP contribution is -2.14. The van der Waals surface area contributed by atoms with Crippen molar-refractivity contribution in [2.45, 2.75) is 26.7 Å². The van der Waals surface area contributed by atoms with Gasteiger partial charge >= 0.3 is 0 Å². The van der Waals surface area contributed by atoms with E-state index < -0.39 is 0 Å². The molecule has 1 heterocycles. The lowest BCUT2D eigenvalue weighted by molar-refractivity contribution is 0.104. The number of thioether (sulfide) groups is 1. The third kappa shape index (κ3) is 4.34. The summed E-state index contributed by atoms with van der Waals surface area (Å²) in [7, 11) is 0. The van der Waals surface area contributed by atoms with Gasteiger partial charge < -0.3 is 0 Å². The van der Waals surface area contributed by atoms with Gasteiger partial charge in [-0.1, -0.05) is 52.6 Å². The van der Waals surface area contributed by atoms with E-state index in [0.717, 1.165) is 33.9 Å². The van der Waals surface area contributed by atoms with Crippen molar-refractivity contribution in [3.05, 3.63) is 44.4 Å². The van der Waals surface area contributed by atoms with E-state index in [9.17, 15) is 4.79 Å². The molecule has 0 fully saturated rings. The smallest absolute Gasteiger partial charge is 0.190 e. The minimum absolute atomic E-state index is 0.102. The molecule has 1 aromatic rings. The van der Waals surface area contributed by atoms with Crippen LogP contribution in [0.3, 0.4) is 0 Å². The van der Waals surface area contributed by atoms with Gasteiger partial charge in [0.05, 0.1) is 10.1 Å². The number of carbonyl (C=O) groups excluding carboxylic acids is 1. The van der Waals surface area contributed by atoms with Crippen LogP contribution in [0.1, 0.15) is 37.0 Å². The number of hydrogen-bond acceptors (Lipinski definition) is 4. The first-order chi connectivity index (χ1) is 10.0. The molecule has 0 N–H and O–H groups in total. The van der Waals surface area contributed by atoms with Crippen LogP contribution < -0.4 is 0 Å². The van der Waals surface area contributed by atoms with Crippen molar-refractivity contribution >= 4 is 50.1 Å². The number of nitrogens with zero attached hydrogens (tertiary/aromatic N) is 2. The molecular weight excluding hydrogens is 372 g/mol. The maximum atomic E-state index is 12.4. The summed E-state index contributed by atoms with van der Waals surface area (Å²) in [6.45, 7) is 4.91. The Bertz CT molecular complexity index is 616. The average Bonchev–Trinajstić information content (AvgIpc) is 2.79. The van der Waals surface area contributed by atoms with Gasteiger partial charge in [-0.15, -0.1) is 0 Å². The van der Waals surface area contributed by atoms with E-state index in [0.29, 0.717) is 10.6 Å². The molecule has 0 spiro atoms. The molecule has 6 heteroatoms. The van der Waals surface area contributed by atoms with Crippen molar-refractivity contribution in [1.29, 1.82) is 0 Å². The fraction of sp³-hybridized carbons (Fsp3) is 0.333. The second-order valence-corrected chi connectivity index (χ2v) is 7.20. The van der Waals surface area contributed by atoms with Gasteiger partial charge in [-0.3, -0.25) is 9.80 Å². The lowest BCUT2D eigenvalue weighted by atomic mass is 10.1. The van der Waals surface area contributed by atoms with Crippen LogP contribution in [0.5, 0.6) is 0 Å². The number of allylic oxidation sites excluding steroid dienone is 1. The number of hydrogen-bond donors (Lipinski definition) is 0. The Morgan fingerprint density at radius 3 is 3.00 bits per heavy atom. The van der Waals surface area contributed by atoms with Gasteiger partial charge in [0.2, 0.25) is 0 Å². The summed E-state index contributed by atoms with van der Waals surface area (Å²) in [4.78, 5) is 12.4. The molecule has 112 valence electrons. The minimum atomic E-state index is -0.102. The SMILES string of the molecule is CCCCN1N=C(C)S/C1=C\C(=O)c1cc(Br)ccc1Cl. The largest absolute Gasteiger partial charge is 0.289 e. The second kappa shape index (κ2) is 7.47. The van der Waals surface area contributed by atoms with Crippen LogP contribution in [0.25, 0.3) is 0 Å². The van der Waals surface area contributed by atoms with Crippen LogP contribution >= 0.6 is 39.3 Å². The van der Waals surface area contributed by atoms with Gasteiger partial charge in [-0.25, -0.2) is 0 Å². The standard InChI is InChI=1S/C15H16BrClN2OS/c1-3-4-7-19-15(21-10(2)18-19)9-14(20)12-8-11(16)5-6-13(12)17/h5-6,8-9H,3-4,7H2,1-2H3/b15-9-. The summed E-state index contributed by atoms with van der Waals surface area (Å²) in [5, 5.41) is 8.61. The molecule has 0 aliphatic carbocycles. The second-order valence-electron chi connectivity index (χ2n) is 4.67. The highest BCUT2D eigenvalue weighted by molar-refractivity contribution is 9.10. The van der Waals surface area contributed by atoms with Crippen LogP contribution in [0.15, 0.2) is 38.9 Å². The fourth-order valence-corrected chi connectivity index (χ4v) is 3.31. The van der Waals surface area contributed by atoms with E-state index in [1.54, 1.807) is 18.2 Å². The van der Waals surface area contributed by atoms with Crippen molar-refractivity contribution < 1.29 is 4.79 Å². The van der Waals surface area contributed by atoms with E-state index in [2.05, 4.69) is 28.0 Å². The Morgan fingerprint density at radius 2 is 2.29 bits per heavy atom. The van der Waals surface area contributed by atoms with Crippen LogP contribution in [-0.2, 0) is 0 Å². The van der Waals surface area contributed by atoms with Crippen LogP contribution in [0, 0.1) is 0 Å². The van der Waals surface area contributed by atoms with Crippen molar-refractivity contribution in [3.8, 4) is 0 Å². The van der Waals surface area contributed by atoms with E-state index in [1.165, 1.54) is 11.8 Å². The Balaban J connectivity index is 2.21. The predicted octanol–water partition coefficient (Wildman–Crippen LogP) is 5.31. The van der Waals surface area contributed by atoms with Gasteiger partial charge in [0.1, 0.15) is 5.03 Å². The Morgan fingerprint density at radius 1 is 1.52 bits per heavy atom. The first kappa shape index (κ1) is 16.6. The molecule has 0 saturated heterocycles. The molecule has 3 nitrogen and oxygen atoms in total. The molecule has 1 aliphatic rings. The molecular formula is C15H16BrClN2OS. The van der Waals surface area contributed by atoms with Crippen molar-refractivity contribution in [1.82, 2.24) is 5.01 Å². The van der Waals surface area contributed by atoms with Gasteiger partial charge in [-0.05, 0) is 31.5 Å². The molecule has 21 heavy (non-hydrogen) atoms. The van der Waals surface area contributed by atoms with E-state index in [1.807, 2.05) is 18.0 Å². The van der Waals surface area contributed by atoms with Crippen molar-refractivity contribution in [3.63, 3.8) is 0 Å². The summed E-state index contributed by atoms with van der Waals surface area (Å²) in [5.74, 6) is -0.102. The fourth-order valence-electron chi connectivity index (χ4n) is 1.89. The number of carbonyl (C=O) groups is 1. The number of ketones is 1.